The number of nitrogens with two attached hydrogens (primary N) is 1. The number of carboxylic acids is 1. The molecule has 0 radical (unpaired) electrons. The SMILES string of the molecule is CC/C=C\C/C=C\C/C=C\C/C=C\C/C=C\CC(=O)OC(/C=C\C/C=C\CCCCCC)CCCCCCC(=O)NC(CCCN)C(=O)O. The second-order valence-corrected chi connectivity index (χ2v) is 12.3. The summed E-state index contributed by atoms with van der Waals surface area (Å²) in [6, 6.07) is -0.885. The molecule has 2 unspecified atom stereocenters. The molecular weight excluding hydrogens is 612 g/mol. The van der Waals surface area contributed by atoms with E-state index < -0.39 is 12.0 Å². The molecule has 0 rings (SSSR count). The van der Waals surface area contributed by atoms with E-state index in [4.69, 9.17) is 10.5 Å². The zero-order valence-corrected chi connectivity index (χ0v) is 30.7. The second-order valence-electron chi connectivity index (χ2n) is 12.3. The molecule has 1 amide bonds. The number of ether oxygens (including phenoxy) is 1. The monoisotopic (exact) mass is 681 g/mol. The zero-order valence-electron chi connectivity index (χ0n) is 30.7. The fourth-order valence-electron chi connectivity index (χ4n) is 4.88. The topological polar surface area (TPSA) is 119 Å². The molecule has 0 heterocycles. The van der Waals surface area contributed by atoms with E-state index in [1.165, 1.54) is 25.7 Å². The van der Waals surface area contributed by atoms with Crippen LogP contribution in [0, 0.1) is 0 Å². The van der Waals surface area contributed by atoms with Crippen LogP contribution >= 0.6 is 0 Å². The van der Waals surface area contributed by atoms with Gasteiger partial charge in [-0.05, 0) is 96.1 Å². The predicted octanol–water partition coefficient (Wildman–Crippen LogP) is 10.2. The van der Waals surface area contributed by atoms with Gasteiger partial charge >= 0.3 is 11.9 Å². The van der Waals surface area contributed by atoms with Gasteiger partial charge in [-0.2, -0.15) is 0 Å². The Hall–Kier alpha value is -3.45. The maximum absolute atomic E-state index is 12.6. The first-order valence-electron chi connectivity index (χ1n) is 18.9. The molecule has 7 heteroatoms. The molecule has 0 aromatic rings. The van der Waals surface area contributed by atoms with Gasteiger partial charge in [0.2, 0.25) is 5.91 Å². The Labute approximate surface area is 298 Å². The normalized spacial score (nSPS) is 13.7. The quantitative estimate of drug-likeness (QED) is 0.0370. The van der Waals surface area contributed by atoms with Gasteiger partial charge in [0.1, 0.15) is 12.1 Å². The van der Waals surface area contributed by atoms with Crippen LogP contribution in [-0.4, -0.2) is 41.6 Å². The van der Waals surface area contributed by atoms with Crippen LogP contribution in [0.5, 0.6) is 0 Å². The lowest BCUT2D eigenvalue weighted by atomic mass is 10.1. The van der Waals surface area contributed by atoms with E-state index in [0.29, 0.717) is 32.2 Å². The summed E-state index contributed by atoms with van der Waals surface area (Å²) in [5.74, 6) is -1.51. The van der Waals surface area contributed by atoms with Crippen molar-refractivity contribution in [3.8, 4) is 0 Å². The van der Waals surface area contributed by atoms with Crippen molar-refractivity contribution in [3.05, 3.63) is 85.1 Å². The van der Waals surface area contributed by atoms with Gasteiger partial charge in [-0.1, -0.05) is 125 Å². The van der Waals surface area contributed by atoms with Crippen molar-refractivity contribution in [2.45, 2.75) is 154 Å². The van der Waals surface area contributed by atoms with Crippen LogP contribution in [0.25, 0.3) is 0 Å². The summed E-state index contributed by atoms with van der Waals surface area (Å²) in [6.45, 7) is 4.75. The van der Waals surface area contributed by atoms with Gasteiger partial charge in [0.05, 0.1) is 6.42 Å². The van der Waals surface area contributed by atoms with Crippen molar-refractivity contribution in [2.75, 3.05) is 6.54 Å². The minimum Gasteiger partial charge on any atom is -0.480 e. The summed E-state index contributed by atoms with van der Waals surface area (Å²) in [7, 11) is 0. The second kappa shape index (κ2) is 35.8. The standard InChI is InChI=1S/C42H68N2O5/c1-3-5-7-9-11-13-14-15-16-17-18-20-22-24-30-36-41(46)49-38(32-27-23-21-19-12-10-8-6-4-2)33-28-25-26-29-35-40(45)44-39(42(47)48)34-31-37-43/h5,7,11,13,15-16,18-21,24,27,30,32,38-39H,3-4,6,8-10,12,14,17,22-23,25-26,28-29,31,33-37,43H2,1-2H3,(H,44,45)(H,47,48)/b7-5-,13-11-,16-15-,20-18-,21-19-,30-24-,32-27-. The molecule has 7 nitrogen and oxygen atoms in total. The first-order valence-corrected chi connectivity index (χ1v) is 18.9. The molecule has 0 bridgehead atoms. The number of nitrogens with one attached hydrogen (secondary N) is 1. The average Bonchev–Trinajstić information content (AvgIpc) is 3.08. The Balaban J connectivity index is 4.59. The van der Waals surface area contributed by atoms with Crippen LogP contribution in [0.3, 0.4) is 0 Å². The maximum atomic E-state index is 12.6. The van der Waals surface area contributed by atoms with Crippen molar-refractivity contribution < 1.29 is 24.2 Å². The zero-order chi connectivity index (χ0) is 36.0. The van der Waals surface area contributed by atoms with Gasteiger partial charge in [-0.25, -0.2) is 4.79 Å². The van der Waals surface area contributed by atoms with E-state index in [2.05, 4.69) is 86.0 Å². The first-order chi connectivity index (χ1) is 23.9. The number of esters is 1. The summed E-state index contributed by atoms with van der Waals surface area (Å²) in [4.78, 5) is 36.1. The minimum absolute atomic E-state index is 0.234. The molecule has 0 aliphatic rings. The van der Waals surface area contributed by atoms with Gasteiger partial charge in [0.15, 0.2) is 0 Å². The average molecular weight is 681 g/mol. The minimum atomic E-state index is -1.03. The molecular formula is C42H68N2O5. The smallest absolute Gasteiger partial charge is 0.326 e. The van der Waals surface area contributed by atoms with E-state index in [1.807, 2.05) is 18.2 Å². The highest BCUT2D eigenvalue weighted by atomic mass is 16.5. The number of amides is 1. The number of aliphatic carboxylic acids is 1. The van der Waals surface area contributed by atoms with E-state index in [9.17, 15) is 19.5 Å². The first kappa shape index (κ1) is 45.6. The van der Waals surface area contributed by atoms with Crippen LogP contribution in [-0.2, 0) is 19.1 Å². The van der Waals surface area contributed by atoms with Crippen LogP contribution in [0.1, 0.15) is 142 Å². The van der Waals surface area contributed by atoms with Crippen LogP contribution in [0.4, 0.5) is 0 Å². The molecule has 0 aromatic heterocycles. The van der Waals surface area contributed by atoms with Crippen LogP contribution in [0.2, 0.25) is 0 Å². The third-order valence-corrected chi connectivity index (χ3v) is 7.71. The number of carbonyl (C=O) groups excluding carboxylic acids is 2. The van der Waals surface area contributed by atoms with Crippen molar-refractivity contribution >= 4 is 17.8 Å². The van der Waals surface area contributed by atoms with Gasteiger partial charge in [0.25, 0.3) is 0 Å². The van der Waals surface area contributed by atoms with Gasteiger partial charge < -0.3 is 20.9 Å². The number of allylic oxidation sites excluding steroid dienone is 12. The Morgan fingerprint density at radius 3 is 1.84 bits per heavy atom. The van der Waals surface area contributed by atoms with Gasteiger partial charge in [-0.15, -0.1) is 0 Å². The molecule has 0 spiro atoms. The number of hydrogen-bond acceptors (Lipinski definition) is 5. The Morgan fingerprint density at radius 2 is 1.22 bits per heavy atom. The lowest BCUT2D eigenvalue weighted by molar-refractivity contribution is -0.146. The number of carboxylic acid groups (broad SMARTS) is 1. The predicted molar refractivity (Wildman–Crippen MR) is 206 cm³/mol. The molecule has 49 heavy (non-hydrogen) atoms. The van der Waals surface area contributed by atoms with E-state index in [1.54, 1.807) is 0 Å². The highest BCUT2D eigenvalue weighted by Gasteiger charge is 2.18. The summed E-state index contributed by atoms with van der Waals surface area (Å²) in [5, 5.41) is 11.9. The highest BCUT2D eigenvalue weighted by Crippen LogP contribution is 2.13. The Bertz CT molecular complexity index is 1040. The Kier molecular flexibility index (Phi) is 33.3. The maximum Gasteiger partial charge on any atom is 0.326 e. The molecule has 0 fully saturated rings. The summed E-state index contributed by atoms with van der Waals surface area (Å²) >= 11 is 0. The third-order valence-electron chi connectivity index (χ3n) is 7.71. The van der Waals surface area contributed by atoms with Crippen LogP contribution < -0.4 is 11.1 Å². The number of unbranched alkanes of at least 4 members (excludes halogenated alkanes) is 7. The molecule has 0 saturated carbocycles. The number of hydrogen-bond donors (Lipinski definition) is 3. The van der Waals surface area contributed by atoms with Gasteiger partial charge in [-0.3, -0.25) is 9.59 Å². The summed E-state index contributed by atoms with van der Waals surface area (Å²) in [5.41, 5.74) is 5.47. The van der Waals surface area contributed by atoms with Crippen molar-refractivity contribution in [1.29, 1.82) is 0 Å². The molecule has 4 N–H and O–H groups in total. The Morgan fingerprint density at radius 1 is 0.653 bits per heavy atom. The fraction of sp³-hybridized carbons (Fsp3) is 0.595. The van der Waals surface area contributed by atoms with Crippen molar-refractivity contribution in [1.82, 2.24) is 5.32 Å². The molecule has 276 valence electrons. The van der Waals surface area contributed by atoms with E-state index in [-0.39, 0.29) is 24.4 Å². The van der Waals surface area contributed by atoms with E-state index >= 15 is 0 Å². The summed E-state index contributed by atoms with van der Waals surface area (Å²) in [6.07, 6.45) is 46.5. The largest absolute Gasteiger partial charge is 0.480 e. The lowest BCUT2D eigenvalue weighted by Crippen LogP contribution is -2.40. The molecule has 0 aliphatic carbocycles. The third kappa shape index (κ3) is 32.9. The van der Waals surface area contributed by atoms with Crippen LogP contribution in [0.15, 0.2) is 85.1 Å². The molecule has 2 atom stereocenters. The number of rotatable bonds is 32. The van der Waals surface area contributed by atoms with E-state index in [0.717, 1.165) is 70.6 Å². The molecule has 0 saturated heterocycles. The van der Waals surface area contributed by atoms with Gasteiger partial charge in [0, 0.05) is 6.42 Å². The van der Waals surface area contributed by atoms with Crippen molar-refractivity contribution in [2.24, 2.45) is 5.73 Å². The molecule has 0 aliphatic heterocycles. The summed E-state index contributed by atoms with van der Waals surface area (Å²) < 4.78 is 5.82. The molecule has 0 aromatic carbocycles. The highest BCUT2D eigenvalue weighted by molar-refractivity contribution is 5.83. The number of carbonyl (C=O) groups is 3. The fourth-order valence-corrected chi connectivity index (χ4v) is 4.88. The lowest BCUT2D eigenvalue weighted by Gasteiger charge is -2.15. The van der Waals surface area contributed by atoms with Crippen molar-refractivity contribution in [3.63, 3.8) is 0 Å².